The lowest BCUT2D eigenvalue weighted by molar-refractivity contribution is -0.127. The van der Waals surface area contributed by atoms with Crippen molar-refractivity contribution in [3.05, 3.63) is 23.3 Å². The first-order valence-corrected chi connectivity index (χ1v) is 7.71. The Kier molecular flexibility index (Phi) is 5.29. The Hall–Kier alpha value is -1.75. The van der Waals surface area contributed by atoms with E-state index >= 15 is 0 Å². The molecule has 1 amide bonds. The molecule has 2 unspecified atom stereocenters. The number of benzene rings is 1. The van der Waals surface area contributed by atoms with Crippen LogP contribution in [0.5, 0.6) is 11.5 Å². The molecule has 22 heavy (non-hydrogen) atoms. The predicted molar refractivity (Wildman–Crippen MR) is 86.4 cm³/mol. The average Bonchev–Trinajstić information content (AvgIpc) is 2.44. The minimum Gasteiger partial charge on any atom is -0.493 e. The highest BCUT2D eigenvalue weighted by molar-refractivity contribution is 5.79. The van der Waals surface area contributed by atoms with Gasteiger partial charge in [0, 0.05) is 5.92 Å². The summed E-state index contributed by atoms with van der Waals surface area (Å²) >= 11 is 0. The van der Waals surface area contributed by atoms with Gasteiger partial charge in [-0.3, -0.25) is 4.79 Å². The second-order valence-corrected chi connectivity index (χ2v) is 6.00. The maximum absolute atomic E-state index is 12.4. The van der Waals surface area contributed by atoms with Gasteiger partial charge in [0.2, 0.25) is 5.91 Å². The molecule has 0 aliphatic carbocycles. The first-order valence-electron chi connectivity index (χ1n) is 7.71. The van der Waals surface area contributed by atoms with Crippen molar-refractivity contribution in [3.8, 4) is 11.5 Å². The van der Waals surface area contributed by atoms with Crippen LogP contribution in [0.15, 0.2) is 12.1 Å². The third-order valence-electron chi connectivity index (χ3n) is 4.53. The van der Waals surface area contributed by atoms with E-state index in [2.05, 4.69) is 10.6 Å². The minimum atomic E-state index is -0.0669. The van der Waals surface area contributed by atoms with Crippen LogP contribution in [0.4, 0.5) is 0 Å². The predicted octanol–water partition coefficient (Wildman–Crippen LogP) is 2.04. The van der Waals surface area contributed by atoms with E-state index in [1.165, 1.54) is 0 Å². The van der Waals surface area contributed by atoms with Gasteiger partial charge in [0.05, 0.1) is 20.3 Å². The van der Waals surface area contributed by atoms with E-state index in [-0.39, 0.29) is 17.9 Å². The van der Waals surface area contributed by atoms with Crippen LogP contribution in [0.2, 0.25) is 0 Å². The van der Waals surface area contributed by atoms with Crippen LogP contribution in [0, 0.1) is 18.8 Å². The molecule has 1 heterocycles. The zero-order valence-corrected chi connectivity index (χ0v) is 14.0. The molecule has 1 saturated heterocycles. The summed E-state index contributed by atoms with van der Waals surface area (Å²) in [6, 6.07) is 3.81. The van der Waals surface area contributed by atoms with Crippen molar-refractivity contribution in [1.82, 2.24) is 10.6 Å². The first kappa shape index (κ1) is 16.6. The Labute approximate surface area is 132 Å². The summed E-state index contributed by atoms with van der Waals surface area (Å²) in [4.78, 5) is 12.4. The lowest BCUT2D eigenvalue weighted by Crippen LogP contribution is -2.49. The van der Waals surface area contributed by atoms with E-state index in [1.807, 2.05) is 32.9 Å². The van der Waals surface area contributed by atoms with Gasteiger partial charge in [-0.1, -0.05) is 6.92 Å². The molecular weight excluding hydrogens is 280 g/mol. The fourth-order valence-electron chi connectivity index (χ4n) is 2.76. The molecule has 0 radical (unpaired) electrons. The Balaban J connectivity index is 2.11. The van der Waals surface area contributed by atoms with Crippen molar-refractivity contribution in [2.24, 2.45) is 11.8 Å². The van der Waals surface area contributed by atoms with E-state index in [0.29, 0.717) is 17.4 Å². The number of carbonyl (C=O) groups is 1. The standard InChI is InChI=1S/C17H26N2O3/c1-10-6-15(21-4)16(22-5)7-14(10)12(3)19-17(20)11(2)13-8-18-9-13/h6-7,11-13,18H,8-9H2,1-5H3,(H,19,20). The fraction of sp³-hybridized carbons (Fsp3) is 0.588. The van der Waals surface area contributed by atoms with Crippen molar-refractivity contribution in [3.63, 3.8) is 0 Å². The third-order valence-corrected chi connectivity index (χ3v) is 4.53. The van der Waals surface area contributed by atoms with E-state index in [1.54, 1.807) is 14.2 Å². The van der Waals surface area contributed by atoms with Crippen LogP contribution in [-0.2, 0) is 4.79 Å². The molecule has 2 rings (SSSR count). The highest BCUT2D eigenvalue weighted by Gasteiger charge is 2.29. The highest BCUT2D eigenvalue weighted by atomic mass is 16.5. The van der Waals surface area contributed by atoms with Crippen LogP contribution in [0.3, 0.4) is 0 Å². The monoisotopic (exact) mass is 306 g/mol. The van der Waals surface area contributed by atoms with Gasteiger partial charge in [-0.25, -0.2) is 0 Å². The van der Waals surface area contributed by atoms with E-state index in [4.69, 9.17) is 9.47 Å². The molecule has 1 aromatic carbocycles. The van der Waals surface area contributed by atoms with Crippen molar-refractivity contribution >= 4 is 5.91 Å². The molecule has 1 aliphatic heterocycles. The van der Waals surface area contributed by atoms with Crippen LogP contribution in [0.1, 0.15) is 31.0 Å². The molecule has 0 bridgehead atoms. The quantitative estimate of drug-likeness (QED) is 0.844. The molecule has 122 valence electrons. The van der Waals surface area contributed by atoms with Gasteiger partial charge in [0.1, 0.15) is 0 Å². The average molecular weight is 306 g/mol. The largest absolute Gasteiger partial charge is 0.493 e. The smallest absolute Gasteiger partial charge is 0.223 e. The van der Waals surface area contributed by atoms with Crippen LogP contribution in [-0.4, -0.2) is 33.2 Å². The topological polar surface area (TPSA) is 59.6 Å². The molecule has 2 atom stereocenters. The lowest BCUT2D eigenvalue weighted by Gasteiger charge is -2.32. The number of carbonyl (C=O) groups excluding carboxylic acids is 1. The SMILES string of the molecule is COc1cc(C)c(C(C)NC(=O)C(C)C2CNC2)cc1OC. The highest BCUT2D eigenvalue weighted by Crippen LogP contribution is 2.33. The molecule has 1 aliphatic rings. The normalized spacial score (nSPS) is 17.3. The molecule has 5 nitrogen and oxygen atoms in total. The van der Waals surface area contributed by atoms with Gasteiger partial charge in [-0.05, 0) is 56.1 Å². The minimum absolute atomic E-state index is 0.0316. The molecule has 0 spiro atoms. The Morgan fingerprint density at radius 1 is 1.23 bits per heavy atom. The maximum atomic E-state index is 12.4. The van der Waals surface area contributed by atoms with Gasteiger partial charge in [0.25, 0.3) is 0 Å². The van der Waals surface area contributed by atoms with E-state index in [9.17, 15) is 4.79 Å². The van der Waals surface area contributed by atoms with Crippen LogP contribution in [0.25, 0.3) is 0 Å². The van der Waals surface area contributed by atoms with E-state index < -0.39 is 0 Å². The Morgan fingerprint density at radius 2 is 1.82 bits per heavy atom. The number of rotatable bonds is 6. The summed E-state index contributed by atoms with van der Waals surface area (Å²) < 4.78 is 10.7. The number of nitrogens with one attached hydrogen (secondary N) is 2. The fourth-order valence-corrected chi connectivity index (χ4v) is 2.76. The molecule has 1 aromatic rings. The van der Waals surface area contributed by atoms with Gasteiger partial charge < -0.3 is 20.1 Å². The number of methoxy groups -OCH3 is 2. The summed E-state index contributed by atoms with van der Waals surface area (Å²) in [5.74, 6) is 1.97. The molecule has 0 aromatic heterocycles. The molecule has 0 saturated carbocycles. The maximum Gasteiger partial charge on any atom is 0.223 e. The van der Waals surface area contributed by atoms with E-state index in [0.717, 1.165) is 24.2 Å². The summed E-state index contributed by atoms with van der Waals surface area (Å²) in [6.45, 7) is 7.86. The summed E-state index contributed by atoms with van der Waals surface area (Å²) in [5, 5.41) is 6.32. The van der Waals surface area contributed by atoms with Gasteiger partial charge >= 0.3 is 0 Å². The second kappa shape index (κ2) is 7.01. The Morgan fingerprint density at radius 3 is 2.32 bits per heavy atom. The van der Waals surface area contributed by atoms with Gasteiger partial charge in [-0.15, -0.1) is 0 Å². The number of ether oxygens (including phenoxy) is 2. The molecule has 5 heteroatoms. The molecular formula is C17H26N2O3. The van der Waals surface area contributed by atoms with Gasteiger partial charge in [0.15, 0.2) is 11.5 Å². The third kappa shape index (κ3) is 3.35. The summed E-state index contributed by atoms with van der Waals surface area (Å²) in [5.41, 5.74) is 2.12. The van der Waals surface area contributed by atoms with Crippen LogP contribution < -0.4 is 20.1 Å². The van der Waals surface area contributed by atoms with Crippen LogP contribution >= 0.6 is 0 Å². The number of hydrogen-bond acceptors (Lipinski definition) is 4. The van der Waals surface area contributed by atoms with Gasteiger partial charge in [-0.2, -0.15) is 0 Å². The number of aryl methyl sites for hydroxylation is 1. The van der Waals surface area contributed by atoms with Crippen molar-refractivity contribution in [2.45, 2.75) is 26.8 Å². The van der Waals surface area contributed by atoms with Crippen molar-refractivity contribution < 1.29 is 14.3 Å². The number of amides is 1. The molecule has 2 N–H and O–H groups in total. The summed E-state index contributed by atoms with van der Waals surface area (Å²) in [6.07, 6.45) is 0. The first-order chi connectivity index (χ1) is 10.5. The molecule has 1 fully saturated rings. The Bertz CT molecular complexity index is 541. The zero-order valence-electron chi connectivity index (χ0n) is 14.0. The number of hydrogen-bond donors (Lipinski definition) is 2. The van der Waals surface area contributed by atoms with Crippen molar-refractivity contribution in [2.75, 3.05) is 27.3 Å². The summed E-state index contributed by atoms with van der Waals surface area (Å²) in [7, 11) is 3.24. The van der Waals surface area contributed by atoms with Crippen molar-refractivity contribution in [1.29, 1.82) is 0 Å². The lowest BCUT2D eigenvalue weighted by atomic mass is 9.88. The zero-order chi connectivity index (χ0) is 16.3. The second-order valence-electron chi connectivity index (χ2n) is 6.00.